The number of hydrogen-bond donors (Lipinski definition) is 0. The fraction of sp³-hybridized carbons (Fsp3) is 0. The van der Waals surface area contributed by atoms with Gasteiger partial charge in [-0.3, -0.25) is 0 Å². The predicted molar refractivity (Wildman–Crippen MR) is 218 cm³/mol. The Hall–Kier alpha value is -6.89. The first-order chi connectivity index (χ1) is 26.3. The number of benzene rings is 7. The Bertz CT molecular complexity index is 2850. The highest BCUT2D eigenvalue weighted by atomic mass is 32.1. The van der Waals surface area contributed by atoms with E-state index in [1.807, 2.05) is 48.5 Å². The van der Waals surface area contributed by atoms with Crippen LogP contribution in [0.3, 0.4) is 0 Å². The number of fused-ring (bicyclic) bond motifs is 5. The average Bonchev–Trinajstić information content (AvgIpc) is 3.74. The molecule has 248 valence electrons. The molecule has 0 N–H and O–H groups in total. The van der Waals surface area contributed by atoms with Gasteiger partial charge in [0.15, 0.2) is 5.82 Å². The van der Waals surface area contributed by atoms with Crippen LogP contribution in [0.15, 0.2) is 176 Å². The summed E-state index contributed by atoms with van der Waals surface area (Å²) in [6.45, 7) is 0. The van der Waals surface area contributed by atoms with Crippen molar-refractivity contribution in [2.75, 3.05) is 0 Å². The summed E-state index contributed by atoms with van der Waals surface area (Å²) < 4.78 is 9.74. The molecule has 0 unspecified atom stereocenters. The van der Waals surface area contributed by atoms with Gasteiger partial charge < -0.3 is 0 Å². The molecule has 0 fully saturated rings. The van der Waals surface area contributed by atoms with Crippen LogP contribution in [0.1, 0.15) is 0 Å². The number of para-hydroxylation sites is 1. The number of nitrogens with zero attached hydrogens (tertiary/aromatic N) is 5. The Morgan fingerprint density at radius 1 is 0.340 bits per heavy atom. The molecule has 0 amide bonds. The molecule has 0 bridgehead atoms. The summed E-state index contributed by atoms with van der Waals surface area (Å²) in [4.78, 5) is 15.5. The molecule has 0 aliphatic carbocycles. The molecular formula is C47H29N5S. The highest BCUT2D eigenvalue weighted by Crippen LogP contribution is 2.43. The largest absolute Gasteiger partial charge is 0.246 e. The van der Waals surface area contributed by atoms with Crippen molar-refractivity contribution in [1.29, 1.82) is 0 Å². The highest BCUT2D eigenvalue weighted by molar-refractivity contribution is 7.00. The molecular weight excluding hydrogens is 667 g/mol. The van der Waals surface area contributed by atoms with E-state index in [0.717, 1.165) is 94.3 Å². The molecule has 0 aliphatic rings. The van der Waals surface area contributed by atoms with Crippen molar-refractivity contribution < 1.29 is 0 Å². The second-order valence-electron chi connectivity index (χ2n) is 13.0. The fourth-order valence-electron chi connectivity index (χ4n) is 7.21. The van der Waals surface area contributed by atoms with Gasteiger partial charge in [-0.25, -0.2) is 15.0 Å². The van der Waals surface area contributed by atoms with Crippen LogP contribution in [0, 0.1) is 0 Å². The first kappa shape index (κ1) is 30.9. The molecule has 5 nitrogen and oxygen atoms in total. The topological polar surface area (TPSA) is 64.5 Å². The van der Waals surface area contributed by atoms with Gasteiger partial charge in [0.25, 0.3) is 0 Å². The van der Waals surface area contributed by atoms with Gasteiger partial charge in [0, 0.05) is 49.5 Å². The molecule has 0 radical (unpaired) electrons. The van der Waals surface area contributed by atoms with Crippen LogP contribution in [0.2, 0.25) is 0 Å². The molecule has 7 aromatic carbocycles. The van der Waals surface area contributed by atoms with E-state index >= 15 is 0 Å². The quantitative estimate of drug-likeness (QED) is 0.162. The normalized spacial score (nSPS) is 11.4. The molecule has 0 spiro atoms. The Morgan fingerprint density at radius 3 is 1.53 bits per heavy atom. The Morgan fingerprint density at radius 2 is 0.868 bits per heavy atom. The summed E-state index contributed by atoms with van der Waals surface area (Å²) in [5, 5.41) is 3.18. The van der Waals surface area contributed by atoms with E-state index in [9.17, 15) is 0 Å². The molecule has 3 heterocycles. The molecule has 0 atom stereocenters. The van der Waals surface area contributed by atoms with Crippen LogP contribution in [0.4, 0.5) is 0 Å². The van der Waals surface area contributed by atoms with Crippen molar-refractivity contribution in [3.63, 3.8) is 0 Å². The van der Waals surface area contributed by atoms with Crippen molar-refractivity contribution in [3.05, 3.63) is 176 Å². The monoisotopic (exact) mass is 695 g/mol. The molecule has 10 aromatic rings. The third-order valence-electron chi connectivity index (χ3n) is 9.77. The molecule has 0 aliphatic heterocycles. The van der Waals surface area contributed by atoms with Crippen molar-refractivity contribution in [2.24, 2.45) is 0 Å². The van der Waals surface area contributed by atoms with E-state index < -0.39 is 0 Å². The predicted octanol–water partition coefficient (Wildman–Crippen LogP) is 12.2. The lowest BCUT2D eigenvalue weighted by atomic mass is 9.92. The zero-order valence-electron chi connectivity index (χ0n) is 28.4. The minimum atomic E-state index is 0.697. The molecule has 6 heteroatoms. The maximum Gasteiger partial charge on any atom is 0.160 e. The van der Waals surface area contributed by atoms with E-state index in [1.165, 1.54) is 11.7 Å². The minimum Gasteiger partial charge on any atom is -0.246 e. The lowest BCUT2D eigenvalue weighted by molar-refractivity contribution is 1.18. The molecule has 0 saturated carbocycles. The van der Waals surface area contributed by atoms with Gasteiger partial charge >= 0.3 is 0 Å². The maximum atomic E-state index is 5.48. The highest BCUT2D eigenvalue weighted by Gasteiger charge is 2.21. The van der Waals surface area contributed by atoms with Crippen LogP contribution in [0.5, 0.6) is 0 Å². The second kappa shape index (κ2) is 13.0. The van der Waals surface area contributed by atoms with Gasteiger partial charge in [0.1, 0.15) is 11.0 Å². The van der Waals surface area contributed by atoms with Gasteiger partial charge in [-0.2, -0.15) is 8.75 Å². The first-order valence-electron chi connectivity index (χ1n) is 17.5. The molecule has 10 rings (SSSR count). The standard InChI is InChI=1S/C47H29N5S/c1-5-14-30(15-6-1)38-28-39-42(46-45(38)51-53-52-46)37-23-13-22-36(44(37)50-43(39)34-18-9-3-10-19-34)31-24-26-33(27-25-31)41-29-40(32-16-7-2-8-17-32)48-47(49-41)35-20-11-4-12-21-35/h1-29H. The summed E-state index contributed by atoms with van der Waals surface area (Å²) in [5.74, 6) is 0.697. The zero-order chi connectivity index (χ0) is 35.1. The molecule has 3 aromatic heterocycles. The SMILES string of the molecule is c1ccc(-c2cc(-c3ccc(-c4cccc5c4nc(-c4ccccc4)c4cc(-c6ccccc6)c6nsnc6c45)cc3)nc(-c3ccccc3)n2)cc1. The zero-order valence-corrected chi connectivity index (χ0v) is 29.2. The van der Waals surface area contributed by atoms with Crippen molar-refractivity contribution in [1.82, 2.24) is 23.7 Å². The minimum absolute atomic E-state index is 0.697. The van der Waals surface area contributed by atoms with Gasteiger partial charge in [-0.15, -0.1) is 0 Å². The van der Waals surface area contributed by atoms with E-state index in [-0.39, 0.29) is 0 Å². The summed E-state index contributed by atoms with van der Waals surface area (Å²) in [7, 11) is 0. The number of pyridine rings is 1. The number of rotatable bonds is 6. The second-order valence-corrected chi connectivity index (χ2v) is 13.5. The third kappa shape index (κ3) is 5.53. The van der Waals surface area contributed by atoms with E-state index in [1.54, 1.807) is 0 Å². The molecule has 53 heavy (non-hydrogen) atoms. The van der Waals surface area contributed by atoms with E-state index in [2.05, 4.69) is 127 Å². The van der Waals surface area contributed by atoms with Crippen LogP contribution >= 0.6 is 11.7 Å². The third-order valence-corrected chi connectivity index (χ3v) is 10.3. The van der Waals surface area contributed by atoms with Crippen LogP contribution < -0.4 is 0 Å². The van der Waals surface area contributed by atoms with Crippen LogP contribution in [-0.2, 0) is 0 Å². The molecule has 0 saturated heterocycles. The van der Waals surface area contributed by atoms with Crippen LogP contribution in [-0.4, -0.2) is 23.7 Å². The Kier molecular flexibility index (Phi) is 7.59. The average molecular weight is 696 g/mol. The fourth-order valence-corrected chi connectivity index (χ4v) is 7.78. The summed E-state index contributed by atoms with van der Waals surface area (Å²) >= 11 is 1.26. The van der Waals surface area contributed by atoms with Crippen molar-refractivity contribution >= 4 is 44.4 Å². The van der Waals surface area contributed by atoms with Gasteiger partial charge in [0.2, 0.25) is 0 Å². The van der Waals surface area contributed by atoms with E-state index in [4.69, 9.17) is 23.7 Å². The lowest BCUT2D eigenvalue weighted by Gasteiger charge is -2.15. The Labute approximate surface area is 310 Å². The summed E-state index contributed by atoms with van der Waals surface area (Å²) in [6, 6.07) is 60.7. The maximum absolute atomic E-state index is 5.48. The van der Waals surface area contributed by atoms with Gasteiger partial charge in [0.05, 0.1) is 34.3 Å². The lowest BCUT2D eigenvalue weighted by Crippen LogP contribution is -1.96. The van der Waals surface area contributed by atoms with Crippen LogP contribution in [0.25, 0.3) is 100 Å². The smallest absolute Gasteiger partial charge is 0.160 e. The summed E-state index contributed by atoms with van der Waals surface area (Å²) in [5.41, 5.74) is 13.8. The van der Waals surface area contributed by atoms with E-state index in [0.29, 0.717) is 5.82 Å². The summed E-state index contributed by atoms with van der Waals surface area (Å²) in [6.07, 6.45) is 0. The number of hydrogen-bond acceptors (Lipinski definition) is 6. The van der Waals surface area contributed by atoms with Crippen molar-refractivity contribution in [2.45, 2.75) is 0 Å². The van der Waals surface area contributed by atoms with Gasteiger partial charge in [-0.05, 0) is 23.3 Å². The van der Waals surface area contributed by atoms with Gasteiger partial charge in [-0.1, -0.05) is 164 Å². The number of aromatic nitrogens is 5. The van der Waals surface area contributed by atoms with Crippen molar-refractivity contribution in [3.8, 4) is 67.4 Å². The first-order valence-corrected chi connectivity index (χ1v) is 18.2. The Balaban J connectivity index is 1.15.